The molecule has 0 aromatic heterocycles. The van der Waals surface area contributed by atoms with E-state index in [4.69, 9.17) is 10.5 Å². The zero-order valence-electron chi connectivity index (χ0n) is 11.4. The summed E-state index contributed by atoms with van der Waals surface area (Å²) in [5.41, 5.74) is 5.24. The van der Waals surface area contributed by atoms with Crippen LogP contribution in [-0.2, 0) is 9.53 Å². The average molecular weight is 296 g/mol. The van der Waals surface area contributed by atoms with Gasteiger partial charge in [-0.15, -0.1) is 0 Å². The van der Waals surface area contributed by atoms with Crippen LogP contribution in [0.3, 0.4) is 0 Å². The number of ether oxygens (including phenoxy) is 1. The molecule has 0 heterocycles. The summed E-state index contributed by atoms with van der Waals surface area (Å²) in [6.45, 7) is 0.150. The lowest BCUT2D eigenvalue weighted by Crippen LogP contribution is -2.21. The standard InChI is InChI=1S/C12H16N4O5/c1-14-12(18)8-2-3-10(16(19)20)9(6-8)15-4-5-21-7-11(13)17/h2-3,6,15H,4-5,7H2,1H3,(H2,13,17)(H,14,18). The van der Waals surface area contributed by atoms with Gasteiger partial charge in [0.25, 0.3) is 11.6 Å². The van der Waals surface area contributed by atoms with Gasteiger partial charge in [0.1, 0.15) is 12.3 Å². The number of nitrogens with one attached hydrogen (secondary N) is 2. The van der Waals surface area contributed by atoms with E-state index in [1.165, 1.54) is 25.2 Å². The fourth-order valence-electron chi connectivity index (χ4n) is 1.55. The first-order valence-electron chi connectivity index (χ1n) is 6.06. The van der Waals surface area contributed by atoms with Gasteiger partial charge in [-0.1, -0.05) is 0 Å². The minimum absolute atomic E-state index is 0.143. The number of rotatable bonds is 8. The third kappa shape index (κ3) is 5.07. The summed E-state index contributed by atoms with van der Waals surface area (Å²) < 4.78 is 4.93. The number of hydrogen-bond donors (Lipinski definition) is 3. The number of amides is 2. The molecule has 9 heteroatoms. The van der Waals surface area contributed by atoms with Gasteiger partial charge < -0.3 is 21.1 Å². The fourth-order valence-corrected chi connectivity index (χ4v) is 1.55. The van der Waals surface area contributed by atoms with Gasteiger partial charge >= 0.3 is 0 Å². The molecule has 0 aliphatic rings. The van der Waals surface area contributed by atoms with Crippen molar-refractivity contribution < 1.29 is 19.2 Å². The number of anilines is 1. The van der Waals surface area contributed by atoms with Crippen LogP contribution in [0, 0.1) is 10.1 Å². The number of primary amides is 1. The number of carbonyl (C=O) groups is 2. The van der Waals surface area contributed by atoms with E-state index in [1.54, 1.807) is 0 Å². The van der Waals surface area contributed by atoms with Crippen LogP contribution in [0.2, 0.25) is 0 Å². The van der Waals surface area contributed by atoms with E-state index in [1.807, 2.05) is 0 Å². The summed E-state index contributed by atoms with van der Waals surface area (Å²) in [4.78, 5) is 32.4. The van der Waals surface area contributed by atoms with Crippen LogP contribution in [-0.4, -0.2) is 43.5 Å². The van der Waals surface area contributed by atoms with Crippen molar-refractivity contribution in [2.24, 2.45) is 5.73 Å². The molecular formula is C12H16N4O5. The second-order valence-electron chi connectivity index (χ2n) is 4.01. The van der Waals surface area contributed by atoms with Gasteiger partial charge in [0.2, 0.25) is 5.91 Å². The van der Waals surface area contributed by atoms with Gasteiger partial charge in [-0.25, -0.2) is 0 Å². The summed E-state index contributed by atoms with van der Waals surface area (Å²) in [7, 11) is 1.47. The van der Waals surface area contributed by atoms with Crippen molar-refractivity contribution in [3.8, 4) is 0 Å². The van der Waals surface area contributed by atoms with Crippen molar-refractivity contribution in [3.63, 3.8) is 0 Å². The van der Waals surface area contributed by atoms with Crippen molar-refractivity contribution >= 4 is 23.2 Å². The normalized spacial score (nSPS) is 9.95. The van der Waals surface area contributed by atoms with Crippen LogP contribution in [0.1, 0.15) is 10.4 Å². The Kier molecular flexibility index (Phi) is 6.08. The molecule has 1 rings (SSSR count). The molecule has 2 amide bonds. The number of nitro groups is 1. The molecule has 0 atom stereocenters. The molecule has 1 aromatic carbocycles. The highest BCUT2D eigenvalue weighted by Crippen LogP contribution is 2.25. The first kappa shape index (κ1) is 16.4. The Labute approximate surface area is 120 Å². The molecule has 0 saturated heterocycles. The van der Waals surface area contributed by atoms with Crippen LogP contribution < -0.4 is 16.4 Å². The van der Waals surface area contributed by atoms with E-state index in [2.05, 4.69) is 10.6 Å². The molecule has 0 radical (unpaired) electrons. The zero-order chi connectivity index (χ0) is 15.8. The molecule has 1 aromatic rings. The monoisotopic (exact) mass is 296 g/mol. The lowest BCUT2D eigenvalue weighted by molar-refractivity contribution is -0.384. The molecule has 21 heavy (non-hydrogen) atoms. The molecule has 0 bridgehead atoms. The highest BCUT2D eigenvalue weighted by atomic mass is 16.6. The smallest absolute Gasteiger partial charge is 0.292 e. The average Bonchev–Trinajstić information content (AvgIpc) is 2.45. The minimum Gasteiger partial charge on any atom is -0.377 e. The summed E-state index contributed by atoms with van der Waals surface area (Å²) in [6, 6.07) is 3.99. The molecule has 4 N–H and O–H groups in total. The van der Waals surface area contributed by atoms with Gasteiger partial charge in [0.05, 0.1) is 11.5 Å². The predicted octanol–water partition coefficient (Wildman–Crippen LogP) is -0.132. The lowest BCUT2D eigenvalue weighted by Gasteiger charge is -2.09. The van der Waals surface area contributed by atoms with E-state index in [9.17, 15) is 19.7 Å². The maximum Gasteiger partial charge on any atom is 0.292 e. The van der Waals surface area contributed by atoms with E-state index < -0.39 is 10.8 Å². The quantitative estimate of drug-likeness (QED) is 0.347. The number of nitrogens with zero attached hydrogens (tertiary/aromatic N) is 1. The van der Waals surface area contributed by atoms with E-state index in [0.29, 0.717) is 5.56 Å². The van der Waals surface area contributed by atoms with E-state index in [-0.39, 0.29) is 37.0 Å². The third-order valence-corrected chi connectivity index (χ3v) is 2.49. The Hall–Kier alpha value is -2.68. The van der Waals surface area contributed by atoms with Crippen molar-refractivity contribution in [2.45, 2.75) is 0 Å². The molecule has 0 fully saturated rings. The van der Waals surface area contributed by atoms with E-state index in [0.717, 1.165) is 0 Å². The minimum atomic E-state index is -0.595. The molecule has 0 saturated carbocycles. The maximum absolute atomic E-state index is 11.5. The summed E-state index contributed by atoms with van der Waals surface area (Å²) in [5, 5.41) is 16.1. The van der Waals surface area contributed by atoms with Crippen molar-refractivity contribution in [1.29, 1.82) is 0 Å². The Morgan fingerprint density at radius 1 is 1.43 bits per heavy atom. The van der Waals surface area contributed by atoms with Crippen molar-refractivity contribution in [2.75, 3.05) is 32.1 Å². The molecular weight excluding hydrogens is 280 g/mol. The molecule has 0 aliphatic heterocycles. The lowest BCUT2D eigenvalue weighted by atomic mass is 10.1. The first-order chi connectivity index (χ1) is 9.95. The Bertz CT molecular complexity index is 546. The second kappa shape index (κ2) is 7.80. The van der Waals surface area contributed by atoms with E-state index >= 15 is 0 Å². The van der Waals surface area contributed by atoms with Gasteiger partial charge in [-0.05, 0) is 12.1 Å². The number of hydrogen-bond acceptors (Lipinski definition) is 6. The largest absolute Gasteiger partial charge is 0.377 e. The van der Waals surface area contributed by atoms with Crippen LogP contribution in [0.15, 0.2) is 18.2 Å². The highest BCUT2D eigenvalue weighted by molar-refractivity contribution is 5.95. The zero-order valence-corrected chi connectivity index (χ0v) is 11.4. The predicted molar refractivity (Wildman–Crippen MR) is 75.0 cm³/mol. The molecule has 0 unspecified atom stereocenters. The van der Waals surface area contributed by atoms with Crippen molar-refractivity contribution in [1.82, 2.24) is 5.32 Å². The van der Waals surface area contributed by atoms with Gasteiger partial charge in [-0.2, -0.15) is 0 Å². The second-order valence-corrected chi connectivity index (χ2v) is 4.01. The van der Waals surface area contributed by atoms with Crippen LogP contribution in [0.5, 0.6) is 0 Å². The summed E-state index contributed by atoms with van der Waals surface area (Å²) >= 11 is 0. The SMILES string of the molecule is CNC(=O)c1ccc([N+](=O)[O-])c(NCCOCC(N)=O)c1. The summed E-state index contributed by atoms with van der Waals surface area (Å²) in [6.07, 6.45) is 0. The topological polar surface area (TPSA) is 137 Å². The van der Waals surface area contributed by atoms with Gasteiger partial charge in [0, 0.05) is 25.2 Å². The maximum atomic E-state index is 11.5. The summed E-state index contributed by atoms with van der Waals surface area (Å²) in [5.74, 6) is -0.944. The Balaban J connectivity index is 2.74. The van der Waals surface area contributed by atoms with Crippen LogP contribution in [0.25, 0.3) is 0 Å². The van der Waals surface area contributed by atoms with Crippen LogP contribution >= 0.6 is 0 Å². The first-order valence-corrected chi connectivity index (χ1v) is 6.06. The highest BCUT2D eigenvalue weighted by Gasteiger charge is 2.16. The van der Waals surface area contributed by atoms with Crippen LogP contribution in [0.4, 0.5) is 11.4 Å². The number of carbonyl (C=O) groups excluding carboxylic acids is 2. The van der Waals surface area contributed by atoms with Gasteiger partial charge in [0.15, 0.2) is 0 Å². The number of benzene rings is 1. The molecule has 9 nitrogen and oxygen atoms in total. The molecule has 0 spiro atoms. The number of nitro benzene ring substituents is 1. The Morgan fingerprint density at radius 2 is 2.14 bits per heavy atom. The number of nitrogens with two attached hydrogens (primary N) is 1. The fraction of sp³-hybridized carbons (Fsp3) is 0.333. The Morgan fingerprint density at radius 3 is 2.71 bits per heavy atom. The molecule has 114 valence electrons. The third-order valence-electron chi connectivity index (χ3n) is 2.49. The van der Waals surface area contributed by atoms with Crippen molar-refractivity contribution in [3.05, 3.63) is 33.9 Å². The van der Waals surface area contributed by atoms with Gasteiger partial charge in [-0.3, -0.25) is 19.7 Å². The molecule has 0 aliphatic carbocycles.